The second-order valence-electron chi connectivity index (χ2n) is 8.54. The van der Waals surface area contributed by atoms with Crippen LogP contribution in [0.25, 0.3) is 0 Å². The molecule has 0 aliphatic rings. The van der Waals surface area contributed by atoms with Gasteiger partial charge in [-0.3, -0.25) is 0 Å². The lowest BCUT2D eigenvalue weighted by Gasteiger charge is -2.26. The van der Waals surface area contributed by atoms with Crippen LogP contribution in [0.3, 0.4) is 0 Å². The van der Waals surface area contributed by atoms with E-state index in [4.69, 9.17) is 28.4 Å². The van der Waals surface area contributed by atoms with Crippen molar-refractivity contribution in [3.8, 4) is 0 Å². The Morgan fingerprint density at radius 2 is 0.923 bits per heavy atom. The smallest absolute Gasteiger partial charge is 0.338 e. The van der Waals surface area contributed by atoms with Gasteiger partial charge in [-0.1, -0.05) is 19.7 Å². The van der Waals surface area contributed by atoms with Crippen LogP contribution in [0.5, 0.6) is 0 Å². The van der Waals surface area contributed by atoms with Gasteiger partial charge < -0.3 is 48.8 Å². The minimum atomic E-state index is -1.70. The topological polar surface area (TPSA) is 205 Å². The van der Waals surface area contributed by atoms with E-state index in [9.17, 15) is 39.6 Å². The predicted molar refractivity (Wildman–Crippen MR) is 133 cm³/mol. The van der Waals surface area contributed by atoms with Gasteiger partial charge in [0.1, 0.15) is 50.8 Å². The van der Waals surface area contributed by atoms with Crippen LogP contribution >= 0.6 is 0 Å². The molecule has 0 aromatic carbocycles. The molecule has 0 saturated heterocycles. The Morgan fingerprint density at radius 1 is 0.590 bits per heavy atom. The summed E-state index contributed by atoms with van der Waals surface area (Å²) < 4.78 is 30.0. The maximum atomic E-state index is 12.7. The van der Waals surface area contributed by atoms with Gasteiger partial charge in [0.25, 0.3) is 0 Å². The first-order chi connectivity index (χ1) is 18.2. The molecular formula is C25H38O14. The van der Waals surface area contributed by atoms with Crippen molar-refractivity contribution >= 4 is 23.9 Å². The molecule has 5 atom stereocenters. The molecule has 0 radical (unpaired) electrons. The van der Waals surface area contributed by atoms with Gasteiger partial charge in [-0.15, -0.1) is 0 Å². The number of esters is 4. The monoisotopic (exact) mass is 562 g/mol. The molecule has 0 saturated carbocycles. The van der Waals surface area contributed by atoms with E-state index in [0.29, 0.717) is 0 Å². The quantitative estimate of drug-likeness (QED) is 0.0776. The first-order valence-corrected chi connectivity index (χ1v) is 11.7. The van der Waals surface area contributed by atoms with Crippen LogP contribution in [0.2, 0.25) is 0 Å². The lowest BCUT2D eigenvalue weighted by Crippen LogP contribution is -2.45. The van der Waals surface area contributed by atoms with Gasteiger partial charge in [0.2, 0.25) is 0 Å². The Morgan fingerprint density at radius 3 is 1.28 bits per heavy atom. The van der Waals surface area contributed by atoms with Crippen molar-refractivity contribution in [3.63, 3.8) is 0 Å². The molecule has 0 aromatic rings. The van der Waals surface area contributed by atoms with Gasteiger partial charge in [0.05, 0.1) is 19.8 Å². The Balaban J connectivity index is 5.21. The van der Waals surface area contributed by atoms with E-state index in [1.807, 2.05) is 0 Å². The van der Waals surface area contributed by atoms with Gasteiger partial charge in [-0.25, -0.2) is 19.2 Å². The molecule has 222 valence electrons. The molecule has 0 rings (SSSR count). The molecule has 0 aliphatic carbocycles. The maximum Gasteiger partial charge on any atom is 0.338 e. The lowest BCUT2D eigenvalue weighted by atomic mass is 10.2. The highest BCUT2D eigenvalue weighted by Gasteiger charge is 2.33. The fraction of sp³-hybridized carbons (Fsp3) is 0.600. The highest BCUT2D eigenvalue weighted by atomic mass is 16.6. The molecule has 0 aliphatic heterocycles. The molecular weight excluding hydrogens is 524 g/mol. The lowest BCUT2D eigenvalue weighted by molar-refractivity contribution is -0.182. The molecule has 0 spiro atoms. The first kappa shape index (κ1) is 35.9. The molecule has 0 bridgehead atoms. The van der Waals surface area contributed by atoms with Gasteiger partial charge in [-0.05, 0) is 20.8 Å². The molecule has 14 heteroatoms. The van der Waals surface area contributed by atoms with Crippen LogP contribution in [0.4, 0.5) is 0 Å². The molecule has 14 nitrogen and oxygen atoms in total. The zero-order valence-corrected chi connectivity index (χ0v) is 22.3. The molecule has 4 N–H and O–H groups in total. The molecule has 0 aromatic heterocycles. The summed E-state index contributed by atoms with van der Waals surface area (Å²) in [6.45, 7) is 10.4. The van der Waals surface area contributed by atoms with E-state index in [-0.39, 0.29) is 16.7 Å². The van der Waals surface area contributed by atoms with Crippen molar-refractivity contribution in [1.29, 1.82) is 0 Å². The zero-order valence-electron chi connectivity index (χ0n) is 22.3. The third kappa shape index (κ3) is 15.8. The summed E-state index contributed by atoms with van der Waals surface area (Å²) >= 11 is 0. The highest BCUT2D eigenvalue weighted by Crippen LogP contribution is 2.10. The van der Waals surface area contributed by atoms with Crippen molar-refractivity contribution in [1.82, 2.24) is 0 Å². The van der Waals surface area contributed by atoms with Crippen LogP contribution in [-0.2, 0) is 47.6 Å². The first-order valence-electron chi connectivity index (χ1n) is 11.7. The van der Waals surface area contributed by atoms with Crippen LogP contribution < -0.4 is 0 Å². The SMILES string of the molecule is C=C(C)C(=O)OCC(O)COC(=O)[C@@H](OCC(O)COC(=O)C(=C)C)[C@@H](CO)OCC(O)COC(=O)C(=C)C. The predicted octanol–water partition coefficient (Wildman–Crippen LogP) is -1.27. The minimum Gasteiger partial charge on any atom is -0.461 e. The number of hydrogen-bond acceptors (Lipinski definition) is 14. The number of hydrogen-bond donors (Lipinski definition) is 4. The van der Waals surface area contributed by atoms with E-state index in [0.717, 1.165) is 0 Å². The number of aliphatic hydroxyl groups is 4. The van der Waals surface area contributed by atoms with E-state index in [1.165, 1.54) is 20.8 Å². The third-order valence-electron chi connectivity index (χ3n) is 4.40. The molecule has 3 unspecified atom stereocenters. The Hall–Kier alpha value is -3.14. The van der Waals surface area contributed by atoms with Crippen LogP contribution in [-0.4, -0.2) is 121 Å². The fourth-order valence-corrected chi connectivity index (χ4v) is 2.30. The van der Waals surface area contributed by atoms with Gasteiger partial charge in [-0.2, -0.15) is 0 Å². The van der Waals surface area contributed by atoms with Crippen molar-refractivity contribution in [2.24, 2.45) is 0 Å². The third-order valence-corrected chi connectivity index (χ3v) is 4.40. The van der Waals surface area contributed by atoms with E-state index in [1.54, 1.807) is 0 Å². The second-order valence-corrected chi connectivity index (χ2v) is 8.54. The average molecular weight is 563 g/mol. The minimum absolute atomic E-state index is 0.0956. The fourth-order valence-electron chi connectivity index (χ4n) is 2.30. The molecule has 0 amide bonds. The van der Waals surface area contributed by atoms with Crippen molar-refractivity contribution < 1.29 is 68.0 Å². The van der Waals surface area contributed by atoms with E-state index < -0.39 is 101 Å². The van der Waals surface area contributed by atoms with Gasteiger partial charge in [0.15, 0.2) is 6.10 Å². The maximum absolute atomic E-state index is 12.7. The number of carbonyl (C=O) groups is 4. The second kappa shape index (κ2) is 19.0. The number of ether oxygens (including phenoxy) is 6. The summed E-state index contributed by atoms with van der Waals surface area (Å²) in [5.74, 6) is -3.41. The standard InChI is InChI=1S/C25H38O14/c1-14(2)22(30)36-10-17(27)8-34-20(7-26)21(35-9-18(28)11-37-23(31)15(3)4)25(33)39-13-19(29)12-38-24(32)16(5)6/h17-21,26-29H,1,3,5,7-13H2,2,4,6H3/t17?,18?,19?,20-,21+/m1/s1. The average Bonchev–Trinajstić information content (AvgIpc) is 2.88. The summed E-state index contributed by atoms with van der Waals surface area (Å²) in [5.41, 5.74) is 0.301. The normalized spacial score (nSPS) is 14.6. The van der Waals surface area contributed by atoms with E-state index >= 15 is 0 Å². The Bertz CT molecular complexity index is 867. The zero-order chi connectivity index (χ0) is 30.1. The van der Waals surface area contributed by atoms with Crippen LogP contribution in [0.15, 0.2) is 36.5 Å². The van der Waals surface area contributed by atoms with E-state index in [2.05, 4.69) is 19.7 Å². The summed E-state index contributed by atoms with van der Waals surface area (Å²) in [5, 5.41) is 39.8. The summed E-state index contributed by atoms with van der Waals surface area (Å²) in [4.78, 5) is 47.1. The highest BCUT2D eigenvalue weighted by molar-refractivity contribution is 5.87. The van der Waals surface area contributed by atoms with Gasteiger partial charge >= 0.3 is 23.9 Å². The molecule has 0 heterocycles. The van der Waals surface area contributed by atoms with Crippen molar-refractivity contribution in [3.05, 3.63) is 36.5 Å². The summed E-state index contributed by atoms with van der Waals surface area (Å²) in [6, 6.07) is 0. The van der Waals surface area contributed by atoms with Crippen molar-refractivity contribution in [2.75, 3.05) is 46.2 Å². The number of carbonyl (C=O) groups excluding carboxylic acids is 4. The Labute approximate surface area is 226 Å². The number of aliphatic hydroxyl groups excluding tert-OH is 4. The summed E-state index contributed by atoms with van der Waals surface area (Å²) in [6.07, 6.45) is -7.31. The summed E-state index contributed by atoms with van der Waals surface area (Å²) in [7, 11) is 0. The van der Waals surface area contributed by atoms with Crippen LogP contribution in [0.1, 0.15) is 20.8 Å². The van der Waals surface area contributed by atoms with Crippen LogP contribution in [0, 0.1) is 0 Å². The largest absolute Gasteiger partial charge is 0.461 e. The number of rotatable bonds is 20. The molecule has 39 heavy (non-hydrogen) atoms. The van der Waals surface area contributed by atoms with Crippen molar-refractivity contribution in [2.45, 2.75) is 51.3 Å². The van der Waals surface area contributed by atoms with Gasteiger partial charge in [0, 0.05) is 16.7 Å². The Kier molecular flexibility index (Phi) is 17.5. The molecule has 0 fully saturated rings.